The summed E-state index contributed by atoms with van der Waals surface area (Å²) in [6.07, 6.45) is 1.28. The van der Waals surface area contributed by atoms with E-state index >= 15 is 0 Å². The molecule has 5 heteroatoms. The molecule has 0 radical (unpaired) electrons. The number of benzene rings is 1. The lowest BCUT2D eigenvalue weighted by atomic mass is 10.2. The fourth-order valence-electron chi connectivity index (χ4n) is 1.08. The van der Waals surface area contributed by atoms with Crippen molar-refractivity contribution in [1.82, 2.24) is 9.97 Å². The van der Waals surface area contributed by atoms with Crippen LogP contribution in [0.5, 0.6) is 5.75 Å². The zero-order valence-electron chi connectivity index (χ0n) is 6.33. The molecule has 0 unspecified atom stereocenters. The van der Waals surface area contributed by atoms with Gasteiger partial charge in [-0.1, -0.05) is 23.2 Å². The van der Waals surface area contributed by atoms with Gasteiger partial charge >= 0.3 is 0 Å². The lowest BCUT2D eigenvalue weighted by molar-refractivity contribution is 0.480. The van der Waals surface area contributed by atoms with Crippen LogP contribution in [0, 0.1) is 0 Å². The Morgan fingerprint density at radius 2 is 1.92 bits per heavy atom. The van der Waals surface area contributed by atoms with Crippen LogP contribution in [0.25, 0.3) is 10.9 Å². The molecule has 13 heavy (non-hydrogen) atoms. The molecule has 0 aliphatic carbocycles. The van der Waals surface area contributed by atoms with Gasteiger partial charge in [0.1, 0.15) is 22.7 Å². The quantitative estimate of drug-likeness (QED) is 0.687. The zero-order valence-corrected chi connectivity index (χ0v) is 7.84. The van der Waals surface area contributed by atoms with Gasteiger partial charge in [-0.05, 0) is 12.1 Å². The van der Waals surface area contributed by atoms with Gasteiger partial charge in [-0.3, -0.25) is 0 Å². The minimum absolute atomic E-state index is 0.0451. The molecule has 66 valence electrons. The number of fused-ring (bicyclic) bond motifs is 1. The molecule has 1 aromatic heterocycles. The predicted molar refractivity (Wildman–Crippen MR) is 51.2 cm³/mol. The average molecular weight is 215 g/mol. The standard InChI is InChI=1S/C8H4Cl2N2O/c9-4-1-2-5(13)7-6(4)8(10)12-3-11-7/h1-3,13H. The highest BCUT2D eigenvalue weighted by Gasteiger charge is 2.08. The van der Waals surface area contributed by atoms with Gasteiger partial charge in [0.2, 0.25) is 0 Å². The summed E-state index contributed by atoms with van der Waals surface area (Å²) >= 11 is 11.6. The lowest BCUT2D eigenvalue weighted by Crippen LogP contribution is -1.84. The summed E-state index contributed by atoms with van der Waals surface area (Å²) in [4.78, 5) is 7.64. The molecule has 1 heterocycles. The van der Waals surface area contributed by atoms with Crippen LogP contribution in [0.2, 0.25) is 10.2 Å². The van der Waals surface area contributed by atoms with Gasteiger partial charge < -0.3 is 5.11 Å². The first-order chi connectivity index (χ1) is 6.20. The SMILES string of the molecule is Oc1ccc(Cl)c2c(Cl)ncnc12. The Balaban J connectivity index is 3.00. The first kappa shape index (κ1) is 8.53. The van der Waals surface area contributed by atoms with E-state index in [1.807, 2.05) is 0 Å². The van der Waals surface area contributed by atoms with E-state index in [0.717, 1.165) is 0 Å². The first-order valence-electron chi connectivity index (χ1n) is 3.48. The Bertz CT molecular complexity index is 465. The minimum Gasteiger partial charge on any atom is -0.506 e. The third kappa shape index (κ3) is 1.30. The van der Waals surface area contributed by atoms with Gasteiger partial charge in [0.25, 0.3) is 0 Å². The molecule has 3 nitrogen and oxygen atoms in total. The van der Waals surface area contributed by atoms with E-state index in [4.69, 9.17) is 23.2 Å². The van der Waals surface area contributed by atoms with E-state index in [2.05, 4.69) is 9.97 Å². The van der Waals surface area contributed by atoms with Gasteiger partial charge in [-0.25, -0.2) is 9.97 Å². The Morgan fingerprint density at radius 3 is 2.62 bits per heavy atom. The molecule has 0 aliphatic rings. The Hall–Kier alpha value is -1.06. The van der Waals surface area contributed by atoms with Crippen molar-refractivity contribution in [3.8, 4) is 5.75 Å². The predicted octanol–water partition coefficient (Wildman–Crippen LogP) is 2.64. The van der Waals surface area contributed by atoms with Crippen LogP contribution in [0.15, 0.2) is 18.5 Å². The second-order valence-corrected chi connectivity index (χ2v) is 3.22. The van der Waals surface area contributed by atoms with Gasteiger partial charge in [-0.2, -0.15) is 0 Å². The van der Waals surface area contributed by atoms with Crippen LogP contribution in [-0.4, -0.2) is 15.1 Å². The van der Waals surface area contributed by atoms with E-state index in [0.29, 0.717) is 15.9 Å². The molecule has 0 saturated heterocycles. The summed E-state index contributed by atoms with van der Waals surface area (Å²) in [6, 6.07) is 3.02. The monoisotopic (exact) mass is 214 g/mol. The van der Waals surface area contributed by atoms with Crippen molar-refractivity contribution in [3.05, 3.63) is 28.6 Å². The van der Waals surface area contributed by atoms with Crippen LogP contribution in [-0.2, 0) is 0 Å². The minimum atomic E-state index is 0.0451. The normalized spacial score (nSPS) is 10.6. The van der Waals surface area contributed by atoms with Gasteiger partial charge in [0.05, 0.1) is 10.4 Å². The van der Waals surface area contributed by atoms with Crippen molar-refractivity contribution in [2.24, 2.45) is 0 Å². The molecular formula is C8H4Cl2N2O. The summed E-state index contributed by atoms with van der Waals surface area (Å²) in [7, 11) is 0. The Morgan fingerprint density at radius 1 is 1.15 bits per heavy atom. The van der Waals surface area contributed by atoms with Gasteiger partial charge in [0, 0.05) is 0 Å². The van der Waals surface area contributed by atoms with Crippen molar-refractivity contribution < 1.29 is 5.11 Å². The van der Waals surface area contributed by atoms with Crippen molar-refractivity contribution in [1.29, 1.82) is 0 Å². The number of hydrogen-bond donors (Lipinski definition) is 1. The maximum Gasteiger partial charge on any atom is 0.142 e. The third-order valence-electron chi connectivity index (χ3n) is 1.67. The highest BCUT2D eigenvalue weighted by Crippen LogP contribution is 2.32. The van der Waals surface area contributed by atoms with Crippen molar-refractivity contribution >= 4 is 34.1 Å². The van der Waals surface area contributed by atoms with Gasteiger partial charge in [0.15, 0.2) is 0 Å². The molecule has 0 atom stereocenters. The summed E-state index contributed by atoms with van der Waals surface area (Å²) in [5.74, 6) is 0.0451. The number of phenolic OH excluding ortho intramolecular Hbond substituents is 1. The van der Waals surface area contributed by atoms with Crippen molar-refractivity contribution in [3.63, 3.8) is 0 Å². The summed E-state index contributed by atoms with van der Waals surface area (Å²) in [5.41, 5.74) is 0.368. The molecule has 0 bridgehead atoms. The largest absolute Gasteiger partial charge is 0.506 e. The average Bonchev–Trinajstić information content (AvgIpc) is 2.12. The second-order valence-electron chi connectivity index (χ2n) is 2.45. The third-order valence-corrected chi connectivity index (χ3v) is 2.27. The van der Waals surface area contributed by atoms with Crippen LogP contribution >= 0.6 is 23.2 Å². The summed E-state index contributed by atoms with van der Waals surface area (Å²) < 4.78 is 0. The highest BCUT2D eigenvalue weighted by molar-refractivity contribution is 6.41. The van der Waals surface area contributed by atoms with Crippen molar-refractivity contribution in [2.45, 2.75) is 0 Å². The van der Waals surface area contributed by atoms with Crippen LogP contribution < -0.4 is 0 Å². The topological polar surface area (TPSA) is 46.0 Å². The van der Waals surface area contributed by atoms with Crippen molar-refractivity contribution in [2.75, 3.05) is 0 Å². The van der Waals surface area contributed by atoms with E-state index in [1.54, 1.807) is 6.07 Å². The molecule has 2 rings (SSSR count). The van der Waals surface area contributed by atoms with Gasteiger partial charge in [-0.15, -0.1) is 0 Å². The molecule has 0 fully saturated rings. The van der Waals surface area contributed by atoms with E-state index in [1.165, 1.54) is 12.4 Å². The molecule has 1 N–H and O–H groups in total. The molecule has 0 spiro atoms. The molecule has 0 saturated carbocycles. The van der Waals surface area contributed by atoms with Crippen LogP contribution in [0.3, 0.4) is 0 Å². The lowest BCUT2D eigenvalue weighted by Gasteiger charge is -2.02. The smallest absolute Gasteiger partial charge is 0.142 e. The number of halogens is 2. The number of rotatable bonds is 0. The number of nitrogens with zero attached hydrogens (tertiary/aromatic N) is 2. The van der Waals surface area contributed by atoms with E-state index < -0.39 is 0 Å². The fraction of sp³-hybridized carbons (Fsp3) is 0. The molecule has 2 aromatic rings. The highest BCUT2D eigenvalue weighted by atomic mass is 35.5. The molecule has 0 aliphatic heterocycles. The second kappa shape index (κ2) is 3.01. The first-order valence-corrected chi connectivity index (χ1v) is 4.23. The van der Waals surface area contributed by atoms with Crippen LogP contribution in [0.4, 0.5) is 0 Å². The van der Waals surface area contributed by atoms with Crippen LogP contribution in [0.1, 0.15) is 0 Å². The molecular weight excluding hydrogens is 211 g/mol. The maximum absolute atomic E-state index is 9.41. The Labute approximate surface area is 84.0 Å². The zero-order chi connectivity index (χ0) is 9.42. The molecule has 0 amide bonds. The Kier molecular flexibility index (Phi) is 1.98. The summed E-state index contributed by atoms with van der Waals surface area (Å²) in [5, 5.41) is 10.6. The number of aromatic hydroxyl groups is 1. The maximum atomic E-state index is 9.41. The number of phenols is 1. The van der Waals surface area contributed by atoms with E-state index in [-0.39, 0.29) is 10.9 Å². The molecule has 1 aromatic carbocycles. The summed E-state index contributed by atoms with van der Waals surface area (Å²) in [6.45, 7) is 0. The van der Waals surface area contributed by atoms with E-state index in [9.17, 15) is 5.11 Å². The number of hydrogen-bond acceptors (Lipinski definition) is 3. The fourth-order valence-corrected chi connectivity index (χ4v) is 1.61. The number of aromatic nitrogens is 2.